The maximum atomic E-state index is 5.55. The zero-order chi connectivity index (χ0) is 8.53. The Morgan fingerprint density at radius 2 is 2.09 bits per heavy atom. The van der Waals surface area contributed by atoms with E-state index in [9.17, 15) is 0 Å². The molecular weight excluding hydrogens is 156 g/mol. The molecule has 0 saturated carbocycles. The maximum Gasteiger partial charge on any atom is 0.0223 e. The summed E-state index contributed by atoms with van der Waals surface area (Å²) in [5.74, 6) is 4.08. The Morgan fingerprint density at radius 3 is 2.55 bits per heavy atom. The largest absolute Gasteiger partial charge is 0.127 e. The summed E-state index contributed by atoms with van der Waals surface area (Å²) in [6.07, 6.45) is 11.1. The first kappa shape index (κ1) is 10.8. The minimum atomic E-state index is 0.489. The molecule has 1 atom stereocenters. The molecule has 0 bridgehead atoms. The van der Waals surface area contributed by atoms with Crippen molar-refractivity contribution >= 4 is 11.6 Å². The minimum Gasteiger partial charge on any atom is -0.127 e. The van der Waals surface area contributed by atoms with Crippen LogP contribution in [0.2, 0.25) is 0 Å². The second-order valence-corrected chi connectivity index (χ2v) is 3.21. The summed E-state index contributed by atoms with van der Waals surface area (Å²) in [6, 6.07) is 0. The Kier molecular flexibility index (Phi) is 7.84. The van der Waals surface area contributed by atoms with Crippen molar-refractivity contribution in [2.24, 2.45) is 5.92 Å². The van der Waals surface area contributed by atoms with E-state index in [1.54, 1.807) is 0 Å². The highest BCUT2D eigenvalue weighted by atomic mass is 35.5. The molecule has 0 amide bonds. The fraction of sp³-hybridized carbons (Fsp3) is 0.800. The summed E-state index contributed by atoms with van der Waals surface area (Å²) in [4.78, 5) is 0. The lowest BCUT2D eigenvalue weighted by Crippen LogP contribution is -1.96. The monoisotopic (exact) mass is 172 g/mol. The predicted molar refractivity (Wildman–Crippen MR) is 51.8 cm³/mol. The molecule has 0 aliphatic heterocycles. The number of rotatable bonds is 6. The van der Waals surface area contributed by atoms with Gasteiger partial charge < -0.3 is 0 Å². The molecule has 11 heavy (non-hydrogen) atoms. The van der Waals surface area contributed by atoms with Gasteiger partial charge in [-0.05, 0) is 19.3 Å². The number of hydrogen-bond acceptors (Lipinski definition) is 0. The van der Waals surface area contributed by atoms with Crippen LogP contribution in [0.1, 0.15) is 39.0 Å². The highest BCUT2D eigenvalue weighted by Crippen LogP contribution is 2.13. The molecule has 0 rings (SSSR count). The number of terminal acetylenes is 1. The van der Waals surface area contributed by atoms with E-state index < -0.39 is 0 Å². The van der Waals surface area contributed by atoms with Gasteiger partial charge in [-0.3, -0.25) is 0 Å². The zero-order valence-electron chi connectivity index (χ0n) is 7.28. The lowest BCUT2D eigenvalue weighted by atomic mass is 9.98. The standard InChI is InChI=1S/C10H17Cl/c1-3-7-10(4-2)8-5-6-9-11/h2,10H,3,5-9H2,1H3. The van der Waals surface area contributed by atoms with Gasteiger partial charge in [0.15, 0.2) is 0 Å². The zero-order valence-corrected chi connectivity index (χ0v) is 8.03. The lowest BCUT2D eigenvalue weighted by Gasteiger charge is -2.07. The number of halogens is 1. The Balaban J connectivity index is 3.30. The van der Waals surface area contributed by atoms with Gasteiger partial charge in [0.2, 0.25) is 0 Å². The van der Waals surface area contributed by atoms with Crippen LogP contribution in [0.15, 0.2) is 0 Å². The van der Waals surface area contributed by atoms with Crippen LogP contribution in [0.25, 0.3) is 0 Å². The van der Waals surface area contributed by atoms with Crippen molar-refractivity contribution in [2.45, 2.75) is 39.0 Å². The van der Waals surface area contributed by atoms with Crippen LogP contribution in [0, 0.1) is 18.3 Å². The predicted octanol–water partition coefficient (Wildman–Crippen LogP) is 3.45. The second kappa shape index (κ2) is 7.95. The SMILES string of the molecule is C#CC(CCC)CCCCCl. The molecule has 0 spiro atoms. The lowest BCUT2D eigenvalue weighted by molar-refractivity contribution is 0.528. The van der Waals surface area contributed by atoms with Crippen LogP contribution in [-0.2, 0) is 0 Å². The molecule has 0 saturated heterocycles. The van der Waals surface area contributed by atoms with E-state index in [0.29, 0.717) is 5.92 Å². The molecule has 1 unspecified atom stereocenters. The van der Waals surface area contributed by atoms with Crippen molar-refractivity contribution in [1.82, 2.24) is 0 Å². The highest BCUT2D eigenvalue weighted by molar-refractivity contribution is 6.17. The fourth-order valence-corrected chi connectivity index (χ4v) is 1.33. The van der Waals surface area contributed by atoms with Gasteiger partial charge in [0.1, 0.15) is 0 Å². The summed E-state index contributed by atoms with van der Waals surface area (Å²) in [5.41, 5.74) is 0. The average Bonchev–Trinajstić information content (AvgIpc) is 2.03. The first-order valence-corrected chi connectivity index (χ1v) is 4.90. The van der Waals surface area contributed by atoms with Gasteiger partial charge >= 0.3 is 0 Å². The van der Waals surface area contributed by atoms with Crippen molar-refractivity contribution in [1.29, 1.82) is 0 Å². The van der Waals surface area contributed by atoms with Crippen molar-refractivity contribution < 1.29 is 0 Å². The average molecular weight is 173 g/mol. The molecule has 0 aromatic carbocycles. The van der Waals surface area contributed by atoms with Crippen LogP contribution >= 0.6 is 11.6 Å². The Labute approximate surface area is 75.3 Å². The topological polar surface area (TPSA) is 0 Å². The molecule has 0 N–H and O–H groups in total. The molecule has 0 fully saturated rings. The third-order valence-electron chi connectivity index (χ3n) is 1.81. The van der Waals surface area contributed by atoms with Crippen LogP contribution in [0.4, 0.5) is 0 Å². The summed E-state index contributed by atoms with van der Waals surface area (Å²) >= 11 is 5.55. The van der Waals surface area contributed by atoms with Gasteiger partial charge in [-0.2, -0.15) is 0 Å². The molecule has 0 aromatic rings. The molecule has 0 radical (unpaired) electrons. The van der Waals surface area contributed by atoms with Gasteiger partial charge in [-0.15, -0.1) is 23.9 Å². The molecule has 0 aromatic heterocycles. The van der Waals surface area contributed by atoms with E-state index in [2.05, 4.69) is 12.8 Å². The quantitative estimate of drug-likeness (QED) is 0.327. The van der Waals surface area contributed by atoms with Gasteiger partial charge in [0.25, 0.3) is 0 Å². The van der Waals surface area contributed by atoms with E-state index in [-0.39, 0.29) is 0 Å². The van der Waals surface area contributed by atoms with Crippen LogP contribution in [-0.4, -0.2) is 5.88 Å². The molecular formula is C10H17Cl. The van der Waals surface area contributed by atoms with E-state index in [1.807, 2.05) is 0 Å². The minimum absolute atomic E-state index is 0.489. The van der Waals surface area contributed by atoms with Gasteiger partial charge in [0, 0.05) is 11.8 Å². The highest BCUT2D eigenvalue weighted by Gasteiger charge is 2.01. The fourth-order valence-electron chi connectivity index (χ4n) is 1.14. The summed E-state index contributed by atoms with van der Waals surface area (Å²) in [5, 5.41) is 0. The number of unbranched alkanes of at least 4 members (excludes halogenated alkanes) is 1. The van der Waals surface area contributed by atoms with Crippen LogP contribution in [0.3, 0.4) is 0 Å². The molecule has 0 heterocycles. The Hall–Kier alpha value is -0.150. The second-order valence-electron chi connectivity index (χ2n) is 2.84. The van der Waals surface area contributed by atoms with Crippen LogP contribution < -0.4 is 0 Å². The van der Waals surface area contributed by atoms with Crippen molar-refractivity contribution in [2.75, 3.05) is 5.88 Å². The molecule has 1 heteroatoms. The van der Waals surface area contributed by atoms with E-state index in [0.717, 1.165) is 18.7 Å². The first-order valence-electron chi connectivity index (χ1n) is 4.37. The summed E-state index contributed by atoms with van der Waals surface area (Å²) in [7, 11) is 0. The maximum absolute atomic E-state index is 5.55. The summed E-state index contributed by atoms with van der Waals surface area (Å²) < 4.78 is 0. The number of alkyl halides is 1. The normalized spacial score (nSPS) is 12.5. The first-order chi connectivity index (χ1) is 5.35. The van der Waals surface area contributed by atoms with Crippen molar-refractivity contribution in [3.8, 4) is 12.3 Å². The number of hydrogen-bond donors (Lipinski definition) is 0. The van der Waals surface area contributed by atoms with Crippen LogP contribution in [0.5, 0.6) is 0 Å². The smallest absolute Gasteiger partial charge is 0.0223 e. The molecule has 0 nitrogen and oxygen atoms in total. The summed E-state index contributed by atoms with van der Waals surface area (Å²) in [6.45, 7) is 2.17. The molecule has 64 valence electrons. The third kappa shape index (κ3) is 6.26. The van der Waals surface area contributed by atoms with E-state index in [4.69, 9.17) is 18.0 Å². The van der Waals surface area contributed by atoms with Crippen molar-refractivity contribution in [3.05, 3.63) is 0 Å². The van der Waals surface area contributed by atoms with Gasteiger partial charge in [0.05, 0.1) is 0 Å². The van der Waals surface area contributed by atoms with Gasteiger partial charge in [-0.1, -0.05) is 19.8 Å². The third-order valence-corrected chi connectivity index (χ3v) is 2.08. The van der Waals surface area contributed by atoms with E-state index in [1.165, 1.54) is 19.3 Å². The van der Waals surface area contributed by atoms with E-state index >= 15 is 0 Å². The molecule has 0 aliphatic carbocycles. The van der Waals surface area contributed by atoms with Crippen molar-refractivity contribution in [3.63, 3.8) is 0 Å². The molecule has 0 aliphatic rings. The Bertz CT molecular complexity index is 113. The van der Waals surface area contributed by atoms with Gasteiger partial charge in [-0.25, -0.2) is 0 Å². The Morgan fingerprint density at radius 1 is 1.36 bits per heavy atom.